The molecule has 0 radical (unpaired) electrons. The van der Waals surface area contributed by atoms with Gasteiger partial charge >= 0.3 is 0 Å². The molecule has 1 atom stereocenters. The number of amides is 1. The largest absolute Gasteiger partial charge is 0.491 e. The van der Waals surface area contributed by atoms with E-state index in [0.29, 0.717) is 18.2 Å². The highest BCUT2D eigenvalue weighted by Crippen LogP contribution is 2.41. The number of allylic oxidation sites excluding steroid dienone is 2. The molecular weight excluding hydrogens is 400 g/mol. The maximum atomic E-state index is 12.4. The first-order valence-corrected chi connectivity index (χ1v) is 11.4. The first kappa shape index (κ1) is 19.1. The minimum atomic E-state index is -3.24. The highest BCUT2D eigenvalue weighted by Gasteiger charge is 2.35. The average molecular weight is 421 g/mol. The smallest absolute Gasteiger partial charge is 0.229 e. The number of fused-ring (bicyclic) bond motifs is 3. The lowest BCUT2D eigenvalue weighted by molar-refractivity contribution is -0.119. The van der Waals surface area contributed by atoms with Gasteiger partial charge in [0.2, 0.25) is 5.91 Å². The molecule has 3 aliphatic heterocycles. The lowest BCUT2D eigenvalue weighted by atomic mass is 10.1. The molecular formula is C19H20N2O5S2. The van der Waals surface area contributed by atoms with Crippen LogP contribution in [0.1, 0.15) is 12.5 Å². The third-order valence-electron chi connectivity index (χ3n) is 4.53. The predicted molar refractivity (Wildman–Crippen MR) is 105 cm³/mol. The molecule has 1 amide bonds. The fraction of sp³-hybridized carbons (Fsp3) is 0.316. The third-order valence-corrected chi connectivity index (χ3v) is 7.26. The van der Waals surface area contributed by atoms with Gasteiger partial charge in [-0.3, -0.25) is 4.79 Å². The predicted octanol–water partition coefficient (Wildman–Crippen LogP) is 2.10. The van der Waals surface area contributed by atoms with E-state index in [9.17, 15) is 13.2 Å². The molecule has 1 N–H and O–H groups in total. The van der Waals surface area contributed by atoms with Crippen molar-refractivity contribution in [2.75, 3.05) is 19.0 Å². The molecule has 1 unspecified atom stereocenters. The van der Waals surface area contributed by atoms with Crippen LogP contribution >= 0.6 is 11.8 Å². The SMILES string of the molecule is CCS(=O)(=O)c1ccc(CC(=O)NC2=CN3C(=CC=C4OCCOC43)S2)cc1. The summed E-state index contributed by atoms with van der Waals surface area (Å²) in [7, 11) is -3.24. The van der Waals surface area contributed by atoms with E-state index in [0.717, 1.165) is 16.4 Å². The average Bonchev–Trinajstić information content (AvgIpc) is 3.11. The Labute approximate surface area is 168 Å². The Bertz CT molecular complexity index is 980. The van der Waals surface area contributed by atoms with Gasteiger partial charge in [-0.05, 0) is 29.8 Å². The molecule has 1 fully saturated rings. The second kappa shape index (κ2) is 7.65. The monoisotopic (exact) mass is 420 g/mol. The van der Waals surface area contributed by atoms with Crippen LogP contribution in [0.5, 0.6) is 0 Å². The fourth-order valence-electron chi connectivity index (χ4n) is 3.07. The van der Waals surface area contributed by atoms with Crippen molar-refractivity contribution in [2.24, 2.45) is 0 Å². The zero-order valence-electron chi connectivity index (χ0n) is 15.3. The molecule has 148 valence electrons. The van der Waals surface area contributed by atoms with Gasteiger partial charge in [-0.1, -0.05) is 30.8 Å². The van der Waals surface area contributed by atoms with E-state index in [-0.39, 0.29) is 29.2 Å². The van der Waals surface area contributed by atoms with Gasteiger partial charge in [0.15, 0.2) is 16.1 Å². The van der Waals surface area contributed by atoms with Gasteiger partial charge in [0, 0.05) is 6.20 Å². The van der Waals surface area contributed by atoms with Crippen molar-refractivity contribution in [2.45, 2.75) is 24.5 Å². The summed E-state index contributed by atoms with van der Waals surface area (Å²) in [6, 6.07) is 6.44. The molecule has 1 aromatic carbocycles. The van der Waals surface area contributed by atoms with Crippen molar-refractivity contribution < 1.29 is 22.7 Å². The molecule has 4 rings (SSSR count). The molecule has 0 bridgehead atoms. The number of nitrogens with zero attached hydrogens (tertiary/aromatic N) is 1. The molecule has 0 saturated carbocycles. The number of carbonyl (C=O) groups is 1. The molecule has 3 heterocycles. The standard InChI is InChI=1S/C19H20N2O5S2/c1-2-28(23,24)14-5-3-13(4-6-14)11-16(22)20-17-12-21-18(27-17)8-7-15-19(21)26-10-9-25-15/h3-8,12,19H,2,9-11H2,1H3,(H,20,22). The van der Waals surface area contributed by atoms with E-state index < -0.39 is 9.84 Å². The number of rotatable bonds is 5. The van der Waals surface area contributed by atoms with Crippen LogP contribution in [0.3, 0.4) is 0 Å². The number of benzene rings is 1. The number of thioether (sulfide) groups is 1. The molecule has 7 nitrogen and oxygen atoms in total. The van der Waals surface area contributed by atoms with Crippen LogP contribution < -0.4 is 5.32 Å². The minimum Gasteiger partial charge on any atom is -0.491 e. The zero-order valence-corrected chi connectivity index (χ0v) is 16.9. The summed E-state index contributed by atoms with van der Waals surface area (Å²) in [6.07, 6.45) is 5.55. The third kappa shape index (κ3) is 3.82. The van der Waals surface area contributed by atoms with Gasteiger partial charge in [0.1, 0.15) is 12.4 Å². The van der Waals surface area contributed by atoms with Crippen molar-refractivity contribution in [1.82, 2.24) is 10.2 Å². The maximum Gasteiger partial charge on any atom is 0.229 e. The number of hydrogen-bond acceptors (Lipinski definition) is 7. The number of carbonyl (C=O) groups excluding carboxylic acids is 1. The Morgan fingerprint density at radius 1 is 1.25 bits per heavy atom. The van der Waals surface area contributed by atoms with Gasteiger partial charge in [-0.2, -0.15) is 0 Å². The Kier molecular flexibility index (Phi) is 5.22. The summed E-state index contributed by atoms with van der Waals surface area (Å²) in [4.78, 5) is 14.6. The van der Waals surface area contributed by atoms with E-state index >= 15 is 0 Å². The summed E-state index contributed by atoms with van der Waals surface area (Å²) in [6.45, 7) is 2.67. The van der Waals surface area contributed by atoms with Gasteiger partial charge in [0.25, 0.3) is 0 Å². The minimum absolute atomic E-state index is 0.0525. The van der Waals surface area contributed by atoms with Gasteiger partial charge in [-0.15, -0.1) is 0 Å². The quantitative estimate of drug-likeness (QED) is 0.781. The molecule has 3 aliphatic rings. The Hall–Kier alpha value is -2.23. The van der Waals surface area contributed by atoms with Gasteiger partial charge < -0.3 is 19.7 Å². The Morgan fingerprint density at radius 3 is 2.79 bits per heavy atom. The van der Waals surface area contributed by atoms with Crippen molar-refractivity contribution in [3.05, 3.63) is 64.0 Å². The highest BCUT2D eigenvalue weighted by molar-refractivity contribution is 8.06. The fourth-order valence-corrected chi connectivity index (χ4v) is 4.90. The molecule has 1 saturated heterocycles. The van der Waals surface area contributed by atoms with Crippen LogP contribution in [0.25, 0.3) is 0 Å². The van der Waals surface area contributed by atoms with E-state index in [2.05, 4.69) is 5.32 Å². The summed E-state index contributed by atoms with van der Waals surface area (Å²) >= 11 is 1.45. The summed E-state index contributed by atoms with van der Waals surface area (Å²) < 4.78 is 35.1. The molecule has 0 aliphatic carbocycles. The second-order valence-electron chi connectivity index (χ2n) is 6.42. The van der Waals surface area contributed by atoms with E-state index in [1.165, 1.54) is 11.8 Å². The first-order chi connectivity index (χ1) is 13.5. The summed E-state index contributed by atoms with van der Waals surface area (Å²) in [5, 5.41) is 4.58. The lowest BCUT2D eigenvalue weighted by Gasteiger charge is -2.35. The first-order valence-electron chi connectivity index (χ1n) is 8.92. The normalized spacial score (nSPS) is 21.0. The zero-order chi connectivity index (χ0) is 19.7. The van der Waals surface area contributed by atoms with Gasteiger partial charge in [0.05, 0.1) is 33.7 Å². The van der Waals surface area contributed by atoms with Gasteiger partial charge in [-0.25, -0.2) is 8.42 Å². The van der Waals surface area contributed by atoms with Crippen LogP contribution in [-0.4, -0.2) is 44.4 Å². The molecule has 9 heteroatoms. The Morgan fingerprint density at radius 2 is 2.04 bits per heavy atom. The lowest BCUT2D eigenvalue weighted by Crippen LogP contribution is -2.39. The molecule has 0 aromatic heterocycles. The summed E-state index contributed by atoms with van der Waals surface area (Å²) in [5.74, 6) is 0.650. The van der Waals surface area contributed by atoms with Crippen LogP contribution in [0.4, 0.5) is 0 Å². The topological polar surface area (TPSA) is 84.9 Å². The molecule has 1 aromatic rings. The van der Waals surface area contributed by atoms with E-state index in [4.69, 9.17) is 9.47 Å². The molecule has 28 heavy (non-hydrogen) atoms. The van der Waals surface area contributed by atoms with Crippen LogP contribution in [0, 0.1) is 0 Å². The Balaban J connectivity index is 1.39. The number of nitrogens with one attached hydrogen (secondary N) is 1. The van der Waals surface area contributed by atoms with Crippen molar-refractivity contribution in [3.63, 3.8) is 0 Å². The molecule has 0 spiro atoms. The second-order valence-corrected chi connectivity index (χ2v) is 9.76. The van der Waals surface area contributed by atoms with Crippen molar-refractivity contribution in [1.29, 1.82) is 0 Å². The van der Waals surface area contributed by atoms with E-state index in [1.807, 2.05) is 23.3 Å². The van der Waals surface area contributed by atoms with Crippen molar-refractivity contribution >= 4 is 27.5 Å². The number of hydrogen-bond donors (Lipinski definition) is 1. The van der Waals surface area contributed by atoms with E-state index in [1.54, 1.807) is 31.2 Å². The van der Waals surface area contributed by atoms with Crippen molar-refractivity contribution in [3.8, 4) is 0 Å². The number of sulfone groups is 1. The van der Waals surface area contributed by atoms with Crippen LogP contribution in [-0.2, 0) is 30.5 Å². The highest BCUT2D eigenvalue weighted by atomic mass is 32.2. The maximum absolute atomic E-state index is 12.4. The van der Waals surface area contributed by atoms with Crippen LogP contribution in [0.15, 0.2) is 63.3 Å². The number of ether oxygens (including phenoxy) is 2. The summed E-state index contributed by atoms with van der Waals surface area (Å²) in [5.41, 5.74) is 0.751. The van der Waals surface area contributed by atoms with Crippen LogP contribution in [0.2, 0.25) is 0 Å².